The predicted octanol–water partition coefficient (Wildman–Crippen LogP) is 3.07. The summed E-state index contributed by atoms with van der Waals surface area (Å²) >= 11 is 0. The third-order valence-corrected chi connectivity index (χ3v) is 5.81. The van der Waals surface area contributed by atoms with Crippen LogP contribution < -0.4 is 10.6 Å². The fraction of sp³-hybridized carbons (Fsp3) is 0.650. The van der Waals surface area contributed by atoms with Crippen molar-refractivity contribution in [3.8, 4) is 0 Å². The average molecular weight is 345 g/mol. The van der Waals surface area contributed by atoms with Gasteiger partial charge in [0.1, 0.15) is 0 Å². The molecule has 3 rings (SSSR count). The molecule has 0 radical (unpaired) electrons. The summed E-state index contributed by atoms with van der Waals surface area (Å²) in [5, 5.41) is 6.14. The first-order valence-electron chi connectivity index (χ1n) is 9.63. The van der Waals surface area contributed by atoms with E-state index in [1.807, 2.05) is 31.2 Å². The van der Waals surface area contributed by atoms with Crippen LogP contribution in [0.15, 0.2) is 24.3 Å². The maximum Gasteiger partial charge on any atom is 0.319 e. The van der Waals surface area contributed by atoms with Gasteiger partial charge in [0, 0.05) is 44.0 Å². The molecule has 5 heteroatoms. The number of aryl methyl sites for hydroxylation is 1. The highest BCUT2D eigenvalue weighted by Gasteiger charge is 2.39. The Morgan fingerprint density at radius 3 is 2.52 bits per heavy atom. The van der Waals surface area contributed by atoms with Gasteiger partial charge in [-0.05, 0) is 44.5 Å². The highest BCUT2D eigenvalue weighted by Crippen LogP contribution is 2.34. The zero-order valence-corrected chi connectivity index (χ0v) is 15.7. The predicted molar refractivity (Wildman–Crippen MR) is 103 cm³/mol. The molecule has 2 aliphatic rings. The largest absolute Gasteiger partial charge is 0.336 e. The molecule has 0 unspecified atom stereocenters. The Morgan fingerprint density at radius 1 is 1.12 bits per heavy atom. The number of amides is 2. The summed E-state index contributed by atoms with van der Waals surface area (Å²) in [5.74, 6) is 0. The van der Waals surface area contributed by atoms with Crippen LogP contribution in [0.4, 0.5) is 10.5 Å². The van der Waals surface area contributed by atoms with E-state index in [1.165, 1.54) is 32.1 Å². The van der Waals surface area contributed by atoms with Crippen molar-refractivity contribution < 1.29 is 4.79 Å². The van der Waals surface area contributed by atoms with E-state index in [9.17, 15) is 4.79 Å². The normalized spacial score (nSPS) is 21.7. The molecular formula is C20H32N4O. The van der Waals surface area contributed by atoms with Gasteiger partial charge in [0.15, 0.2) is 0 Å². The van der Waals surface area contributed by atoms with Crippen LogP contribution in [0.5, 0.6) is 0 Å². The Hall–Kier alpha value is -1.59. The number of likely N-dealkylation sites (N-methyl/N-ethyl adjacent to an activating group) is 1. The lowest BCUT2D eigenvalue weighted by molar-refractivity contribution is 0.0157. The Bertz CT molecular complexity index is 575. The Kier molecular flexibility index (Phi) is 5.97. The van der Waals surface area contributed by atoms with E-state index in [4.69, 9.17) is 0 Å². The van der Waals surface area contributed by atoms with Gasteiger partial charge in [-0.3, -0.25) is 4.90 Å². The average Bonchev–Trinajstić information content (AvgIpc) is 2.61. The zero-order valence-electron chi connectivity index (χ0n) is 15.7. The van der Waals surface area contributed by atoms with Crippen LogP contribution in [0.1, 0.15) is 37.7 Å². The number of urea groups is 1. The Morgan fingerprint density at radius 2 is 1.84 bits per heavy atom. The van der Waals surface area contributed by atoms with Crippen molar-refractivity contribution in [1.29, 1.82) is 0 Å². The Balaban J connectivity index is 1.59. The first-order chi connectivity index (χ1) is 12.1. The van der Waals surface area contributed by atoms with E-state index in [0.29, 0.717) is 0 Å². The van der Waals surface area contributed by atoms with Crippen molar-refractivity contribution in [2.45, 2.75) is 44.6 Å². The molecule has 0 bridgehead atoms. The van der Waals surface area contributed by atoms with Crippen molar-refractivity contribution >= 4 is 11.7 Å². The number of carbonyl (C=O) groups excluding carboxylic acids is 1. The summed E-state index contributed by atoms with van der Waals surface area (Å²) < 4.78 is 0. The summed E-state index contributed by atoms with van der Waals surface area (Å²) in [6.45, 7) is 7.24. The molecule has 1 aromatic carbocycles. The lowest BCUT2D eigenvalue weighted by atomic mass is 9.79. The lowest BCUT2D eigenvalue weighted by Gasteiger charge is -2.49. The lowest BCUT2D eigenvalue weighted by Crippen LogP contribution is -2.61. The number of rotatable bonds is 4. The van der Waals surface area contributed by atoms with E-state index in [0.717, 1.165) is 44.0 Å². The van der Waals surface area contributed by atoms with Gasteiger partial charge in [-0.25, -0.2) is 4.79 Å². The molecule has 0 atom stereocenters. The molecule has 1 saturated carbocycles. The van der Waals surface area contributed by atoms with E-state index in [1.54, 1.807) is 0 Å². The van der Waals surface area contributed by atoms with Crippen molar-refractivity contribution in [2.24, 2.45) is 0 Å². The number of nitrogens with zero attached hydrogens (tertiary/aromatic N) is 2. The molecular weight excluding hydrogens is 312 g/mol. The van der Waals surface area contributed by atoms with Crippen molar-refractivity contribution in [3.05, 3.63) is 29.8 Å². The molecule has 1 saturated heterocycles. The van der Waals surface area contributed by atoms with Gasteiger partial charge in [-0.15, -0.1) is 0 Å². The van der Waals surface area contributed by atoms with Gasteiger partial charge in [-0.1, -0.05) is 31.4 Å². The molecule has 0 spiro atoms. The number of hydrogen-bond donors (Lipinski definition) is 2. The van der Waals surface area contributed by atoms with Gasteiger partial charge in [0.05, 0.1) is 0 Å². The van der Waals surface area contributed by atoms with Gasteiger partial charge < -0.3 is 15.5 Å². The molecule has 2 amide bonds. The van der Waals surface area contributed by atoms with Crippen LogP contribution >= 0.6 is 0 Å². The highest BCUT2D eigenvalue weighted by atomic mass is 16.2. The molecule has 1 aliphatic heterocycles. The molecule has 5 nitrogen and oxygen atoms in total. The van der Waals surface area contributed by atoms with E-state index in [2.05, 4.69) is 27.5 Å². The summed E-state index contributed by atoms with van der Waals surface area (Å²) in [5.41, 5.74) is 2.15. The molecule has 25 heavy (non-hydrogen) atoms. The van der Waals surface area contributed by atoms with Gasteiger partial charge in [-0.2, -0.15) is 0 Å². The summed E-state index contributed by atoms with van der Waals surface area (Å²) in [7, 11) is 2.19. The fourth-order valence-corrected chi connectivity index (χ4v) is 4.24. The molecule has 2 N–H and O–H groups in total. The molecule has 2 fully saturated rings. The third-order valence-electron chi connectivity index (χ3n) is 5.81. The number of hydrogen-bond acceptors (Lipinski definition) is 3. The first-order valence-corrected chi connectivity index (χ1v) is 9.63. The fourth-order valence-electron chi connectivity index (χ4n) is 4.24. The van der Waals surface area contributed by atoms with Crippen molar-refractivity contribution in [3.63, 3.8) is 0 Å². The maximum atomic E-state index is 12.4. The maximum absolute atomic E-state index is 12.4. The minimum Gasteiger partial charge on any atom is -0.336 e. The second-order valence-corrected chi connectivity index (χ2v) is 7.75. The quantitative estimate of drug-likeness (QED) is 0.882. The Labute approximate surface area is 151 Å². The van der Waals surface area contributed by atoms with Crippen LogP contribution in [0, 0.1) is 6.92 Å². The number of anilines is 1. The van der Waals surface area contributed by atoms with Gasteiger partial charge in [0.25, 0.3) is 0 Å². The van der Waals surface area contributed by atoms with E-state index >= 15 is 0 Å². The molecule has 1 aromatic rings. The molecule has 138 valence electrons. The van der Waals surface area contributed by atoms with Crippen LogP contribution in [-0.4, -0.2) is 61.1 Å². The molecule has 1 aliphatic carbocycles. The number of benzene rings is 1. The second kappa shape index (κ2) is 8.19. The topological polar surface area (TPSA) is 47.6 Å². The number of nitrogens with one attached hydrogen (secondary N) is 2. The summed E-state index contributed by atoms with van der Waals surface area (Å²) in [6, 6.07) is 7.84. The van der Waals surface area contributed by atoms with Crippen LogP contribution in [0.2, 0.25) is 0 Å². The summed E-state index contributed by atoms with van der Waals surface area (Å²) in [6.07, 6.45) is 6.26. The van der Waals surface area contributed by atoms with Crippen molar-refractivity contribution in [1.82, 2.24) is 15.1 Å². The van der Waals surface area contributed by atoms with Crippen LogP contribution in [0.25, 0.3) is 0 Å². The van der Waals surface area contributed by atoms with Gasteiger partial charge >= 0.3 is 6.03 Å². The standard InChI is InChI=1S/C20H32N4O/c1-17-7-6-8-18(15-17)22-19(25)21-16-20(9-4-3-5-10-20)24-13-11-23(2)12-14-24/h6-8,15H,3-5,9-14,16H2,1-2H3,(H2,21,22,25). The van der Waals surface area contributed by atoms with Crippen molar-refractivity contribution in [2.75, 3.05) is 45.1 Å². The van der Waals surface area contributed by atoms with Gasteiger partial charge in [0.2, 0.25) is 0 Å². The number of piperazine rings is 1. The van der Waals surface area contributed by atoms with E-state index in [-0.39, 0.29) is 11.6 Å². The minimum absolute atomic E-state index is 0.0929. The number of carbonyl (C=O) groups is 1. The molecule has 1 heterocycles. The minimum atomic E-state index is -0.0929. The SMILES string of the molecule is Cc1cccc(NC(=O)NCC2(N3CCN(C)CC3)CCCCC2)c1. The summed E-state index contributed by atoms with van der Waals surface area (Å²) in [4.78, 5) is 17.4. The monoisotopic (exact) mass is 344 g/mol. The molecule has 0 aromatic heterocycles. The second-order valence-electron chi connectivity index (χ2n) is 7.75. The highest BCUT2D eigenvalue weighted by molar-refractivity contribution is 5.89. The third kappa shape index (κ3) is 4.73. The zero-order chi connectivity index (χ0) is 17.7. The van der Waals surface area contributed by atoms with E-state index < -0.39 is 0 Å². The van der Waals surface area contributed by atoms with Crippen LogP contribution in [0.3, 0.4) is 0 Å². The first kappa shape index (κ1) is 18.2. The van der Waals surface area contributed by atoms with Crippen LogP contribution in [-0.2, 0) is 0 Å². The smallest absolute Gasteiger partial charge is 0.319 e.